The first-order valence-corrected chi connectivity index (χ1v) is 53.0. The Balaban J connectivity index is 0.000000226. The average molecular weight is 1960 g/mol. The van der Waals surface area contributed by atoms with Crippen LogP contribution in [0.2, 0.25) is 0 Å². The van der Waals surface area contributed by atoms with Gasteiger partial charge in [-0.3, -0.25) is 19.8 Å². The smallest absolute Gasteiger partial charge is 0.872 e. The van der Waals surface area contributed by atoms with Gasteiger partial charge < -0.3 is 32.3 Å². The quantitative estimate of drug-likeness (QED) is 0.0189. The Morgan fingerprint density at radius 1 is 0.261 bits per heavy atom. The molecule has 0 unspecified atom stereocenters. The Morgan fingerprint density at radius 2 is 0.406 bits per heavy atom. The molecule has 16 aromatic carbocycles. The fourth-order valence-electron chi connectivity index (χ4n) is 15.2. The SMILES string of the molecule is CC(C)(C)c1cc(C=NCCN=Cc2cc(C(C)(C)C)cc(C(C)(C)C)c2[O-])c([O-])c(C(C)(C)C)c1.[Cr+3].[N-]=[N+]=[N-].[N-]=[N+]=[N-].[O-][Cl+3]([O-])([O-])[O-].c1ccc(P(=N[P+](c2ccccc2)(c2ccccc2)c2ccccc2)(c2ccccc2)c2ccccc2)cc1.c1ccc(P(=N[P+](c2ccccc2)(c2ccccc2)c2ccccc2)(c2ccccc2)c2ccccc2)cc1.c1ccccc1.c1ccccc1. The summed E-state index contributed by atoms with van der Waals surface area (Å²) < 4.78 is 46.7. The van der Waals surface area contributed by atoms with Crippen molar-refractivity contribution in [1.29, 1.82) is 0 Å². The summed E-state index contributed by atoms with van der Waals surface area (Å²) in [6, 6.07) is 163. The second-order valence-corrected chi connectivity index (χ2v) is 49.0. The van der Waals surface area contributed by atoms with Gasteiger partial charge >= 0.3 is 17.4 Å². The van der Waals surface area contributed by atoms with E-state index in [-0.39, 0.29) is 50.5 Å². The van der Waals surface area contributed by atoms with Crippen LogP contribution in [-0.4, -0.2) is 25.5 Å². The molecule has 0 bridgehead atoms. The molecule has 0 amide bonds. The van der Waals surface area contributed by atoms with E-state index in [2.05, 4.69) is 457 Å². The molecule has 138 heavy (non-hydrogen) atoms. The van der Waals surface area contributed by atoms with Crippen molar-refractivity contribution in [1.82, 2.24) is 0 Å². The molecule has 0 aromatic heterocycles. The van der Waals surface area contributed by atoms with Crippen molar-refractivity contribution < 1.29 is 56.5 Å². The monoisotopic (exact) mass is 1960 g/mol. The van der Waals surface area contributed by atoms with Gasteiger partial charge in [-0.05, 0) is 128 Å². The van der Waals surface area contributed by atoms with Gasteiger partial charge in [0.25, 0.3) is 0 Å². The first kappa shape index (κ1) is 110. The van der Waals surface area contributed by atoms with Crippen molar-refractivity contribution in [2.45, 2.75) is 105 Å². The molecular formula is C116H118ClCrN10O6P4. The summed E-state index contributed by atoms with van der Waals surface area (Å²) in [5.74, 6) is 0.0694. The molecule has 0 saturated heterocycles. The molecule has 0 heterocycles. The van der Waals surface area contributed by atoms with Crippen LogP contribution in [0.25, 0.3) is 31.9 Å². The average Bonchev–Trinajstić information content (AvgIpc) is 0.720. The number of benzene rings is 16. The third-order valence-corrected chi connectivity index (χ3v) is 38.7. The first-order chi connectivity index (χ1) is 65.7. The van der Waals surface area contributed by atoms with E-state index in [4.69, 9.17) is 49.8 Å². The van der Waals surface area contributed by atoms with Crippen molar-refractivity contribution in [2.24, 2.45) is 19.0 Å². The van der Waals surface area contributed by atoms with Crippen molar-refractivity contribution in [3.05, 3.63) is 526 Å². The van der Waals surface area contributed by atoms with Crippen LogP contribution in [0.3, 0.4) is 0 Å². The Hall–Kier alpha value is -12.9. The molecule has 16 rings (SSSR count). The van der Waals surface area contributed by atoms with E-state index >= 15 is 0 Å². The summed E-state index contributed by atoms with van der Waals surface area (Å²) in [5.41, 5.74) is 31.5. The van der Waals surface area contributed by atoms with E-state index in [1.807, 2.05) is 97.1 Å². The van der Waals surface area contributed by atoms with E-state index in [0.29, 0.717) is 24.2 Å². The maximum absolute atomic E-state index is 13.1. The molecule has 0 N–H and O–H groups in total. The number of hydrogen-bond acceptors (Lipinski definition) is 10. The standard InChI is InChI=1S/2C36H30NP2.C32H48N2O2.2C6H6.ClHO4.Cr.2N3/c2*1-7-19-31(20-8-1)38(32-21-9-2-10-22-32,33-23-11-3-12-24-33)37-39(34-25-13-4-14-26-34,35-27-15-5-16-28-35)36-29-17-6-18-30-36;1-29(2,3)23-15-21(27(35)25(17-23)31(7,8)9)19-33-13-14-34-20-22-16-24(30(4,5)6)18-26(28(22)36)32(10,11)12;2*1-2-4-6-5-3-1;2-1(3,4)5;;2*1-3-2/h2*1-30H;15-20,35-36H,13-14H2,1-12H3;2*1-6H;(H,2,3,4,5);;;/q2*+1;;;;;+3;2*-1/p-3. The van der Waals surface area contributed by atoms with Crippen molar-refractivity contribution in [3.63, 3.8) is 0 Å². The van der Waals surface area contributed by atoms with Gasteiger partial charge in [0.15, 0.2) is 0 Å². The summed E-state index contributed by atoms with van der Waals surface area (Å²) in [6.45, 7) is 26.2. The van der Waals surface area contributed by atoms with Crippen LogP contribution in [0, 0.1) is 10.2 Å². The molecule has 16 aromatic rings. The van der Waals surface area contributed by atoms with Crippen molar-refractivity contribution in [2.75, 3.05) is 13.1 Å². The summed E-state index contributed by atoms with van der Waals surface area (Å²) in [4.78, 5) is 12.0. The van der Waals surface area contributed by atoms with Gasteiger partial charge in [0, 0.05) is 44.3 Å². The van der Waals surface area contributed by atoms with E-state index in [9.17, 15) is 10.2 Å². The Labute approximate surface area is 830 Å². The van der Waals surface area contributed by atoms with Crippen LogP contribution in [0.1, 0.15) is 116 Å². The minimum Gasteiger partial charge on any atom is -0.872 e. The summed E-state index contributed by atoms with van der Waals surface area (Å²) in [5, 5.41) is 41.3. The molecule has 0 aliphatic rings. The molecule has 1 radical (unpaired) electrons. The zero-order valence-corrected chi connectivity index (χ0v) is 85.6. The van der Waals surface area contributed by atoms with Gasteiger partial charge in [0.1, 0.15) is 45.9 Å². The van der Waals surface area contributed by atoms with Crippen LogP contribution < -0.4 is 92.5 Å². The maximum atomic E-state index is 13.1. The van der Waals surface area contributed by atoms with Gasteiger partial charge in [-0.2, -0.15) is 0 Å². The Bertz CT molecular complexity index is 5700. The fraction of sp³-hybridized carbons (Fsp3) is 0.155. The molecule has 0 aliphatic carbocycles. The van der Waals surface area contributed by atoms with Gasteiger partial charge in [0.05, 0.1) is 13.1 Å². The second-order valence-electron chi connectivity index (χ2n) is 35.6. The van der Waals surface area contributed by atoms with Crippen LogP contribution in [0.5, 0.6) is 11.5 Å². The van der Waals surface area contributed by atoms with Gasteiger partial charge in [-0.1, -0.05) is 483 Å². The van der Waals surface area contributed by atoms with Crippen LogP contribution in [-0.2, 0) is 39.0 Å². The van der Waals surface area contributed by atoms with E-state index in [0.717, 1.165) is 22.3 Å². The molecule has 0 spiro atoms. The maximum Gasteiger partial charge on any atom is 3.00 e. The zero-order valence-electron chi connectivity index (χ0n) is 79.9. The van der Waals surface area contributed by atoms with Gasteiger partial charge in [0.2, 0.25) is 14.8 Å². The van der Waals surface area contributed by atoms with Gasteiger partial charge in [-0.15, -0.1) is 19.3 Å². The Kier molecular flexibility index (Phi) is 42.9. The van der Waals surface area contributed by atoms with Crippen LogP contribution >= 0.6 is 28.9 Å². The molecule has 0 atom stereocenters. The fourth-order valence-corrected chi connectivity index (χ4v) is 34.2. The number of halogens is 1. The van der Waals surface area contributed by atoms with Crippen LogP contribution in [0.4, 0.5) is 0 Å². The summed E-state index contributed by atoms with van der Waals surface area (Å²) in [7, 11) is -14.9. The molecular weight excluding hydrogens is 1840 g/mol. The normalized spacial score (nSPS) is 11.4. The largest absolute Gasteiger partial charge is 3.00 e. The molecule has 0 fully saturated rings. The van der Waals surface area contributed by atoms with Gasteiger partial charge in [-0.25, -0.2) is 18.6 Å². The summed E-state index contributed by atoms with van der Waals surface area (Å²) >= 11 is 0. The minimum absolute atomic E-state index is 0. The predicted octanol–water partition coefficient (Wildman–Crippen LogP) is 21.1. The predicted molar refractivity (Wildman–Crippen MR) is 570 cm³/mol. The molecule has 0 saturated carbocycles. The van der Waals surface area contributed by atoms with E-state index in [1.54, 1.807) is 12.4 Å². The van der Waals surface area contributed by atoms with E-state index in [1.165, 1.54) is 73.5 Å². The molecule has 0 aliphatic heterocycles. The first-order valence-electron chi connectivity index (χ1n) is 44.8. The van der Waals surface area contributed by atoms with Crippen molar-refractivity contribution in [3.8, 4) is 11.5 Å². The summed E-state index contributed by atoms with van der Waals surface area (Å²) in [6.07, 6.45) is 3.36. The molecule has 701 valence electrons. The van der Waals surface area contributed by atoms with Crippen LogP contribution in [0.15, 0.2) is 480 Å². The van der Waals surface area contributed by atoms with Crippen molar-refractivity contribution >= 4 is 105 Å². The number of aliphatic imine (C=N–C) groups is 2. The minimum atomic E-state index is -4.94. The molecule has 22 heteroatoms. The zero-order chi connectivity index (χ0) is 98.9. The molecule has 16 nitrogen and oxygen atoms in total. The number of hydrogen-bond donors (Lipinski definition) is 0. The number of nitrogens with zero attached hydrogens (tertiary/aromatic N) is 10. The second kappa shape index (κ2) is 53.7. The topological polar surface area (TPSA) is 305 Å². The van der Waals surface area contributed by atoms with E-state index < -0.39 is 39.2 Å². The third kappa shape index (κ3) is 30.8. The third-order valence-electron chi connectivity index (χ3n) is 21.8. The number of rotatable bonds is 19. The Morgan fingerprint density at radius 3 is 0.551 bits per heavy atom.